The zero-order valence-corrected chi connectivity index (χ0v) is 9.06. The van der Waals surface area contributed by atoms with E-state index in [2.05, 4.69) is 9.72 Å². The summed E-state index contributed by atoms with van der Waals surface area (Å²) in [5, 5.41) is 0. The van der Waals surface area contributed by atoms with E-state index in [9.17, 15) is 13.8 Å². The summed E-state index contributed by atoms with van der Waals surface area (Å²) >= 11 is 0. The van der Waals surface area contributed by atoms with Gasteiger partial charge in [0.25, 0.3) is 0 Å². The number of ether oxygens (including phenoxy) is 1. The van der Waals surface area contributed by atoms with E-state index in [0.29, 0.717) is 0 Å². The molecule has 1 aromatic heterocycles. The van der Waals surface area contributed by atoms with E-state index >= 15 is 0 Å². The van der Waals surface area contributed by atoms with Gasteiger partial charge >= 0.3 is 90.6 Å². The van der Waals surface area contributed by atoms with Crippen molar-refractivity contribution in [1.29, 1.82) is 0 Å². The summed E-state index contributed by atoms with van der Waals surface area (Å²) < 4.78 is 28.3. The van der Waals surface area contributed by atoms with Crippen LogP contribution in [-0.4, -0.2) is 22.3 Å². The number of alkyl halides is 1. The van der Waals surface area contributed by atoms with Crippen LogP contribution in [0.15, 0.2) is 17.1 Å². The molecule has 0 saturated heterocycles. The maximum atomic E-state index is 12.4. The number of rotatable bonds is 4. The average Bonchev–Trinajstić information content (AvgIpc) is 2.27. The number of hydrogen-bond acceptors (Lipinski definition) is 5. The predicted molar refractivity (Wildman–Crippen MR) is 55.3 cm³/mol. The fourth-order valence-corrected chi connectivity index (χ4v) is 1.21. The molecule has 0 spiro atoms. The number of hydrogen-bond donors (Lipinski definition) is 1. The van der Waals surface area contributed by atoms with Gasteiger partial charge in [-0.1, -0.05) is 0 Å². The van der Waals surface area contributed by atoms with Crippen LogP contribution < -0.4 is 11.4 Å². The van der Waals surface area contributed by atoms with Crippen molar-refractivity contribution in [1.82, 2.24) is 9.55 Å². The van der Waals surface area contributed by atoms with Crippen LogP contribution in [0.1, 0.15) is 0 Å². The van der Waals surface area contributed by atoms with Gasteiger partial charge in [0.1, 0.15) is 0 Å². The van der Waals surface area contributed by atoms with E-state index in [4.69, 9.17) is 5.73 Å². The molecule has 1 rings (SSSR count). The van der Waals surface area contributed by atoms with E-state index < -0.39 is 26.4 Å². The molecule has 0 unspecified atom stereocenters. The normalized spacial score (nSPS) is 11.8. The monoisotopic (exact) mass is 245 g/mol. The van der Waals surface area contributed by atoms with Crippen LogP contribution in [0, 0.1) is 5.81 Å². The zero-order chi connectivity index (χ0) is 12.0. The fraction of sp³-hybridized carbons (Fsp3) is 0.375. The van der Waals surface area contributed by atoms with Crippen molar-refractivity contribution in [2.75, 3.05) is 12.4 Å². The van der Waals surface area contributed by atoms with Gasteiger partial charge in [0.2, 0.25) is 0 Å². The first-order valence-electron chi connectivity index (χ1n) is 4.29. The Bertz CT molecular complexity index is 512. The third-order valence-electron chi connectivity index (χ3n) is 1.72. The van der Waals surface area contributed by atoms with Crippen LogP contribution in [0.5, 0.6) is 0 Å². The van der Waals surface area contributed by atoms with Crippen LogP contribution >= 0.6 is 7.92 Å². The van der Waals surface area contributed by atoms with Crippen molar-refractivity contribution < 1.29 is 13.7 Å². The molecule has 1 aromatic rings. The van der Waals surface area contributed by atoms with Crippen molar-refractivity contribution in [3.63, 3.8) is 0 Å². The molecule has 0 fully saturated rings. The minimum absolute atomic E-state index is 0.0505. The van der Waals surface area contributed by atoms with Crippen molar-refractivity contribution in [2.24, 2.45) is 0 Å². The number of halogens is 1. The molecule has 0 aliphatic carbocycles. The Morgan fingerprint density at radius 3 is 3.06 bits per heavy atom. The number of anilines is 1. The molecule has 0 saturated carbocycles. The predicted octanol–water partition coefficient (Wildman–Crippen LogP) is 0.389. The van der Waals surface area contributed by atoms with Crippen molar-refractivity contribution >= 4 is 13.7 Å². The van der Waals surface area contributed by atoms with Gasteiger partial charge in [0.15, 0.2) is 0 Å². The SMILES string of the molecule is Nc1ccn(C[C@@H](CF)OC#P=O)c(=O)n1. The number of nitrogens with two attached hydrogens (primary N) is 1. The molecule has 0 aliphatic heterocycles. The molecule has 0 amide bonds. The maximum absolute atomic E-state index is 12.4. The molecule has 0 radical (unpaired) electrons. The second-order valence-corrected chi connectivity index (χ2v) is 3.23. The van der Waals surface area contributed by atoms with Crippen LogP contribution in [0.25, 0.3) is 0 Å². The number of nitrogens with zero attached hydrogens (tertiary/aromatic N) is 2. The summed E-state index contributed by atoms with van der Waals surface area (Å²) in [4.78, 5) is 14.7. The summed E-state index contributed by atoms with van der Waals surface area (Å²) in [6.45, 7) is -0.884. The zero-order valence-electron chi connectivity index (χ0n) is 8.17. The summed E-state index contributed by atoms with van der Waals surface area (Å²) in [5.41, 5.74) is 4.69. The van der Waals surface area contributed by atoms with E-state index in [1.165, 1.54) is 12.3 Å². The van der Waals surface area contributed by atoms with Crippen molar-refractivity contribution in [2.45, 2.75) is 12.6 Å². The Balaban J connectivity index is 2.80. The first-order chi connectivity index (χ1) is 7.67. The second-order valence-electron chi connectivity index (χ2n) is 2.86. The van der Waals surface area contributed by atoms with Gasteiger partial charge in [-0.15, -0.1) is 0 Å². The molecule has 0 aliphatic rings. The topological polar surface area (TPSA) is 87.2 Å². The van der Waals surface area contributed by atoms with Crippen molar-refractivity contribution in [3.05, 3.63) is 22.7 Å². The summed E-state index contributed by atoms with van der Waals surface area (Å²) in [7, 11) is -0.476. The Labute approximate surface area is 91.4 Å². The molecule has 0 bridgehead atoms. The quantitative estimate of drug-likeness (QED) is 0.775. The number of nitrogen functional groups attached to an aromatic ring is 1. The molecule has 6 nitrogen and oxygen atoms in total. The standard InChI is InChI=1S/C8H9FN3O3P/c9-3-6(15-5-16-14)4-12-2-1-7(10)11-8(12)13/h1-2,6H,3-4H2,(H2,10,11,13)/t6-/m1/s1. The van der Waals surface area contributed by atoms with Gasteiger partial charge in [0.05, 0.1) is 0 Å². The third kappa shape index (κ3) is 3.62. The molecule has 16 heavy (non-hydrogen) atoms. The Morgan fingerprint density at radius 2 is 2.50 bits per heavy atom. The molecular formula is C8H9FN3O3P. The third-order valence-corrected chi connectivity index (χ3v) is 1.90. The number of aromatic nitrogens is 2. The Kier molecular flexibility index (Phi) is 4.92. The van der Waals surface area contributed by atoms with Crippen molar-refractivity contribution in [3.8, 4) is 5.81 Å². The molecule has 1 atom stereocenters. The van der Waals surface area contributed by atoms with E-state index in [1.54, 1.807) is 0 Å². The minimum atomic E-state index is -0.926. The van der Waals surface area contributed by atoms with E-state index in [-0.39, 0.29) is 12.4 Å². The Morgan fingerprint density at radius 1 is 1.75 bits per heavy atom. The summed E-state index contributed by atoms with van der Waals surface area (Å²) in [6, 6.07) is 1.41. The van der Waals surface area contributed by atoms with Gasteiger partial charge in [-0.2, -0.15) is 0 Å². The molecule has 1 heterocycles. The Hall–Kier alpha value is -1.42. The van der Waals surface area contributed by atoms with Gasteiger partial charge in [0, 0.05) is 0 Å². The van der Waals surface area contributed by atoms with E-state index in [0.717, 1.165) is 4.57 Å². The van der Waals surface area contributed by atoms with Crippen LogP contribution in [-0.2, 0) is 15.8 Å². The van der Waals surface area contributed by atoms with Gasteiger partial charge < -0.3 is 0 Å². The van der Waals surface area contributed by atoms with E-state index in [1.807, 2.05) is 5.81 Å². The average molecular weight is 245 g/mol. The second kappa shape index (κ2) is 6.23. The van der Waals surface area contributed by atoms with Gasteiger partial charge in [-0.05, 0) is 0 Å². The first kappa shape index (κ1) is 12.6. The molecule has 0 aromatic carbocycles. The van der Waals surface area contributed by atoms with Gasteiger partial charge in [-0.25, -0.2) is 0 Å². The summed E-state index contributed by atoms with van der Waals surface area (Å²) in [5.74, 6) is 2.06. The molecule has 86 valence electrons. The summed E-state index contributed by atoms with van der Waals surface area (Å²) in [6.07, 6.45) is 0.454. The molecule has 2 N–H and O–H groups in total. The van der Waals surface area contributed by atoms with Crippen LogP contribution in [0.3, 0.4) is 0 Å². The molecule has 8 heteroatoms. The van der Waals surface area contributed by atoms with Crippen LogP contribution in [0.4, 0.5) is 10.2 Å². The van der Waals surface area contributed by atoms with Crippen LogP contribution in [0.2, 0.25) is 0 Å². The first-order valence-corrected chi connectivity index (χ1v) is 5.10. The fourth-order valence-electron chi connectivity index (χ4n) is 1.01. The molecular weight excluding hydrogens is 236 g/mol. The van der Waals surface area contributed by atoms with Gasteiger partial charge in [-0.3, -0.25) is 0 Å².